The number of hydrogen-bond acceptors (Lipinski definition) is 1. The molecule has 0 aliphatic heterocycles. The lowest BCUT2D eigenvalue weighted by molar-refractivity contribution is 0.322. The molecule has 0 saturated heterocycles. The summed E-state index contributed by atoms with van der Waals surface area (Å²) in [6, 6.07) is 5.66. The van der Waals surface area contributed by atoms with Crippen molar-refractivity contribution in [2.45, 2.75) is 57.9 Å². The second kappa shape index (κ2) is 6.68. The van der Waals surface area contributed by atoms with Crippen LogP contribution in [0.15, 0.2) is 18.2 Å². The maximum Gasteiger partial charge on any atom is 0.0439 e. The predicted octanol–water partition coefficient (Wildman–Crippen LogP) is 5.47. The molecule has 0 spiro atoms. The van der Waals surface area contributed by atoms with Crippen LogP contribution < -0.4 is 5.73 Å². The molecule has 0 radical (unpaired) electrons. The summed E-state index contributed by atoms with van der Waals surface area (Å²) in [4.78, 5) is 0. The van der Waals surface area contributed by atoms with Gasteiger partial charge in [-0.1, -0.05) is 49.9 Å². The predicted molar refractivity (Wildman–Crippen MR) is 88.5 cm³/mol. The molecule has 1 aromatic carbocycles. The minimum Gasteiger partial charge on any atom is -0.325 e. The van der Waals surface area contributed by atoms with E-state index in [2.05, 4.69) is 13.8 Å². The van der Waals surface area contributed by atoms with Gasteiger partial charge < -0.3 is 5.73 Å². The van der Waals surface area contributed by atoms with E-state index in [9.17, 15) is 0 Å². The average molecular weight is 314 g/mol. The van der Waals surface area contributed by atoms with Crippen molar-refractivity contribution in [2.24, 2.45) is 17.6 Å². The van der Waals surface area contributed by atoms with E-state index in [0.717, 1.165) is 46.7 Å². The van der Waals surface area contributed by atoms with Gasteiger partial charge in [-0.05, 0) is 61.3 Å². The highest BCUT2D eigenvalue weighted by molar-refractivity contribution is 6.33. The van der Waals surface area contributed by atoms with Gasteiger partial charge in [0.15, 0.2) is 0 Å². The van der Waals surface area contributed by atoms with Crippen molar-refractivity contribution >= 4 is 23.2 Å². The Hall–Kier alpha value is -0.240. The van der Waals surface area contributed by atoms with Gasteiger partial charge in [0.1, 0.15) is 0 Å². The highest BCUT2D eigenvalue weighted by Gasteiger charge is 2.31. The lowest BCUT2D eigenvalue weighted by Crippen LogP contribution is -2.41. The van der Waals surface area contributed by atoms with Crippen LogP contribution in [0.5, 0.6) is 0 Å². The van der Waals surface area contributed by atoms with Crippen LogP contribution in [0.1, 0.15) is 51.5 Å². The molecule has 0 amide bonds. The first kappa shape index (κ1) is 16.1. The fourth-order valence-electron chi connectivity index (χ4n) is 3.36. The molecule has 1 saturated carbocycles. The van der Waals surface area contributed by atoms with Gasteiger partial charge in [0.2, 0.25) is 0 Å². The molecular formula is C17H25Cl2N. The van der Waals surface area contributed by atoms with Gasteiger partial charge >= 0.3 is 0 Å². The number of hydrogen-bond donors (Lipinski definition) is 1. The topological polar surface area (TPSA) is 26.0 Å². The van der Waals surface area contributed by atoms with Crippen LogP contribution in [0.2, 0.25) is 10.0 Å². The Morgan fingerprint density at radius 3 is 2.70 bits per heavy atom. The highest BCUT2D eigenvalue weighted by atomic mass is 35.5. The van der Waals surface area contributed by atoms with Gasteiger partial charge in [0, 0.05) is 15.6 Å². The maximum atomic E-state index is 6.67. The summed E-state index contributed by atoms with van der Waals surface area (Å²) in [5, 5.41) is 1.52. The van der Waals surface area contributed by atoms with Crippen LogP contribution in [0.4, 0.5) is 0 Å². The van der Waals surface area contributed by atoms with Crippen LogP contribution >= 0.6 is 23.2 Å². The summed E-state index contributed by atoms with van der Waals surface area (Å²) in [6.07, 6.45) is 6.75. The fourth-order valence-corrected chi connectivity index (χ4v) is 3.74. The summed E-state index contributed by atoms with van der Waals surface area (Å²) in [5.41, 5.74) is 7.63. The number of nitrogens with two attached hydrogens (primary N) is 1. The lowest BCUT2D eigenvalue weighted by atomic mass is 9.83. The molecule has 2 atom stereocenters. The SMILES string of the molecule is CC(C)C1CCCC(N)(Cc2cc(Cl)ccc2Cl)CC1. The summed E-state index contributed by atoms with van der Waals surface area (Å²) in [5.74, 6) is 1.57. The summed E-state index contributed by atoms with van der Waals surface area (Å²) < 4.78 is 0. The van der Waals surface area contributed by atoms with Gasteiger partial charge in [-0.15, -0.1) is 0 Å². The smallest absolute Gasteiger partial charge is 0.0439 e. The standard InChI is InChI=1S/C17H25Cl2N/c1-12(2)13-4-3-8-17(20,9-7-13)11-14-10-15(18)5-6-16(14)19/h5-6,10,12-13H,3-4,7-9,11,20H2,1-2H3. The average Bonchev–Trinajstić information content (AvgIpc) is 2.56. The van der Waals surface area contributed by atoms with Gasteiger partial charge in [0.05, 0.1) is 0 Å². The van der Waals surface area contributed by atoms with Gasteiger partial charge in [0.25, 0.3) is 0 Å². The van der Waals surface area contributed by atoms with E-state index in [-0.39, 0.29) is 5.54 Å². The van der Waals surface area contributed by atoms with Crippen LogP contribution in [0.25, 0.3) is 0 Å². The Kier molecular flexibility index (Phi) is 5.39. The molecule has 1 aromatic rings. The zero-order valence-electron chi connectivity index (χ0n) is 12.5. The first-order valence-corrected chi connectivity index (χ1v) is 8.38. The highest BCUT2D eigenvalue weighted by Crippen LogP contribution is 2.35. The van der Waals surface area contributed by atoms with E-state index in [4.69, 9.17) is 28.9 Å². The zero-order chi connectivity index (χ0) is 14.8. The lowest BCUT2D eigenvalue weighted by Gasteiger charge is -2.29. The molecule has 1 aliphatic rings. The maximum absolute atomic E-state index is 6.67. The van der Waals surface area contributed by atoms with E-state index in [1.54, 1.807) is 0 Å². The Labute approximate surface area is 132 Å². The quantitative estimate of drug-likeness (QED) is 0.736. The Morgan fingerprint density at radius 2 is 2.00 bits per heavy atom. The molecule has 1 fully saturated rings. The Balaban J connectivity index is 2.09. The van der Waals surface area contributed by atoms with Crippen molar-refractivity contribution in [1.82, 2.24) is 0 Å². The summed E-state index contributed by atoms with van der Waals surface area (Å²) >= 11 is 12.4. The summed E-state index contributed by atoms with van der Waals surface area (Å²) in [6.45, 7) is 4.64. The molecule has 0 aromatic heterocycles. The van der Waals surface area contributed by atoms with Crippen molar-refractivity contribution in [2.75, 3.05) is 0 Å². The first-order valence-electron chi connectivity index (χ1n) is 7.62. The molecule has 0 heterocycles. The second-order valence-electron chi connectivity index (χ2n) is 6.71. The molecular weight excluding hydrogens is 289 g/mol. The van der Waals surface area contributed by atoms with E-state index >= 15 is 0 Å². The molecule has 20 heavy (non-hydrogen) atoms. The van der Waals surface area contributed by atoms with Crippen molar-refractivity contribution in [3.63, 3.8) is 0 Å². The van der Waals surface area contributed by atoms with Crippen molar-refractivity contribution in [1.29, 1.82) is 0 Å². The number of halogens is 2. The number of rotatable bonds is 3. The zero-order valence-corrected chi connectivity index (χ0v) is 14.0. The second-order valence-corrected chi connectivity index (χ2v) is 7.55. The molecule has 2 N–H and O–H groups in total. The van der Waals surface area contributed by atoms with Crippen LogP contribution in [-0.4, -0.2) is 5.54 Å². The third-order valence-electron chi connectivity index (χ3n) is 4.76. The monoisotopic (exact) mass is 313 g/mol. The molecule has 112 valence electrons. The van der Waals surface area contributed by atoms with Gasteiger partial charge in [-0.25, -0.2) is 0 Å². The molecule has 2 unspecified atom stereocenters. The third kappa shape index (κ3) is 4.13. The normalized spacial score (nSPS) is 27.6. The molecule has 1 nitrogen and oxygen atoms in total. The third-order valence-corrected chi connectivity index (χ3v) is 5.36. The van der Waals surface area contributed by atoms with Gasteiger partial charge in [-0.3, -0.25) is 0 Å². The van der Waals surface area contributed by atoms with Crippen molar-refractivity contribution in [3.05, 3.63) is 33.8 Å². The van der Waals surface area contributed by atoms with Crippen LogP contribution in [0.3, 0.4) is 0 Å². The van der Waals surface area contributed by atoms with E-state index in [1.807, 2.05) is 18.2 Å². The fraction of sp³-hybridized carbons (Fsp3) is 0.647. The molecule has 0 bridgehead atoms. The Morgan fingerprint density at radius 1 is 1.25 bits per heavy atom. The molecule has 2 rings (SSSR count). The van der Waals surface area contributed by atoms with E-state index in [0.29, 0.717) is 0 Å². The van der Waals surface area contributed by atoms with E-state index < -0.39 is 0 Å². The Bertz CT molecular complexity index is 458. The van der Waals surface area contributed by atoms with Crippen LogP contribution in [0, 0.1) is 11.8 Å². The molecule has 3 heteroatoms. The minimum absolute atomic E-state index is 0.127. The molecule has 1 aliphatic carbocycles. The van der Waals surface area contributed by atoms with E-state index in [1.165, 1.54) is 19.3 Å². The first-order chi connectivity index (χ1) is 9.39. The largest absolute Gasteiger partial charge is 0.325 e. The summed E-state index contributed by atoms with van der Waals surface area (Å²) in [7, 11) is 0. The minimum atomic E-state index is -0.127. The van der Waals surface area contributed by atoms with Gasteiger partial charge in [-0.2, -0.15) is 0 Å². The number of benzene rings is 1. The van der Waals surface area contributed by atoms with Crippen LogP contribution in [-0.2, 0) is 6.42 Å². The van der Waals surface area contributed by atoms with Crippen molar-refractivity contribution < 1.29 is 0 Å². The van der Waals surface area contributed by atoms with Crippen molar-refractivity contribution in [3.8, 4) is 0 Å².